The van der Waals surface area contributed by atoms with E-state index in [1.54, 1.807) is 0 Å². The van der Waals surface area contributed by atoms with E-state index >= 15 is 0 Å². The van der Waals surface area contributed by atoms with Gasteiger partial charge in [-0.2, -0.15) is 0 Å². The van der Waals surface area contributed by atoms with Crippen LogP contribution in [0, 0.1) is 0 Å². The Morgan fingerprint density at radius 2 is 1.79 bits per heavy atom. The average Bonchev–Trinajstić information content (AvgIpc) is 2.76. The van der Waals surface area contributed by atoms with Gasteiger partial charge in [0.15, 0.2) is 0 Å². The first-order valence-corrected chi connectivity index (χ1v) is 8.83. The summed E-state index contributed by atoms with van der Waals surface area (Å²) in [5.74, 6) is 0. The van der Waals surface area contributed by atoms with Crippen molar-refractivity contribution in [3.8, 4) is 0 Å². The van der Waals surface area contributed by atoms with E-state index in [1.807, 2.05) is 11.3 Å². The van der Waals surface area contributed by atoms with Crippen LogP contribution in [0.3, 0.4) is 0 Å². The highest BCUT2D eigenvalue weighted by Gasteiger charge is 2.37. The zero-order valence-electron chi connectivity index (χ0n) is 10.5. The molecule has 1 aromatic heterocycles. The van der Waals surface area contributed by atoms with Crippen molar-refractivity contribution in [2.45, 2.75) is 31.3 Å². The minimum atomic E-state index is 0.192. The molecule has 0 unspecified atom stereocenters. The van der Waals surface area contributed by atoms with E-state index in [0.717, 1.165) is 11.0 Å². The van der Waals surface area contributed by atoms with E-state index in [4.69, 9.17) is 0 Å². The fourth-order valence-corrected chi connectivity index (χ4v) is 4.26. The number of rotatable bonds is 4. The second-order valence-corrected chi connectivity index (χ2v) is 8.47. The van der Waals surface area contributed by atoms with Gasteiger partial charge < -0.3 is 5.32 Å². The summed E-state index contributed by atoms with van der Waals surface area (Å²) < 4.78 is 2.35. The van der Waals surface area contributed by atoms with Gasteiger partial charge >= 0.3 is 0 Å². The lowest BCUT2D eigenvalue weighted by Crippen LogP contribution is -2.47. The van der Waals surface area contributed by atoms with Crippen LogP contribution in [0.5, 0.6) is 0 Å². The van der Waals surface area contributed by atoms with Gasteiger partial charge in [0, 0.05) is 21.4 Å². The van der Waals surface area contributed by atoms with E-state index in [2.05, 4.69) is 73.6 Å². The first-order valence-electron chi connectivity index (χ1n) is 6.43. The van der Waals surface area contributed by atoms with Gasteiger partial charge in [-0.3, -0.25) is 0 Å². The summed E-state index contributed by atoms with van der Waals surface area (Å²) in [4.78, 5) is 1.38. The molecule has 1 fully saturated rings. The standard InChI is InChI=1S/C15H15Br2NS/c16-12-4-2-11(3-5-12)15(8-1-9-15)18-10-13-6-7-14(17)19-13/h2-7,18H,1,8-10H2. The quantitative estimate of drug-likeness (QED) is 0.720. The number of benzene rings is 1. The molecule has 0 atom stereocenters. The molecule has 0 aliphatic heterocycles. The Hall–Kier alpha value is -0.160. The van der Waals surface area contributed by atoms with Crippen LogP contribution in [0.4, 0.5) is 0 Å². The van der Waals surface area contributed by atoms with Crippen molar-refractivity contribution in [2.75, 3.05) is 0 Å². The third-order valence-corrected chi connectivity index (χ3v) is 5.99. The predicted molar refractivity (Wildman–Crippen MR) is 88.5 cm³/mol. The third-order valence-electron chi connectivity index (χ3n) is 3.83. The zero-order chi connectivity index (χ0) is 13.3. The Bertz CT molecular complexity index is 558. The van der Waals surface area contributed by atoms with Gasteiger partial charge in [-0.15, -0.1) is 11.3 Å². The molecule has 0 saturated heterocycles. The SMILES string of the molecule is Brc1ccc(C2(NCc3ccc(Br)s3)CCC2)cc1. The van der Waals surface area contributed by atoms with Crippen LogP contribution in [0.15, 0.2) is 44.7 Å². The van der Waals surface area contributed by atoms with Gasteiger partial charge in [0.2, 0.25) is 0 Å². The summed E-state index contributed by atoms with van der Waals surface area (Å²) in [5, 5.41) is 3.77. The molecule has 100 valence electrons. The first kappa shape index (κ1) is 13.8. The Morgan fingerprint density at radius 1 is 1.05 bits per heavy atom. The minimum Gasteiger partial charge on any atom is -0.302 e. The van der Waals surface area contributed by atoms with Crippen LogP contribution < -0.4 is 5.32 Å². The van der Waals surface area contributed by atoms with Crippen LogP contribution in [-0.4, -0.2) is 0 Å². The smallest absolute Gasteiger partial charge is 0.0701 e. The Kier molecular flexibility index (Phi) is 4.13. The van der Waals surface area contributed by atoms with E-state index < -0.39 is 0 Å². The van der Waals surface area contributed by atoms with Gasteiger partial charge in [-0.05, 0) is 65.0 Å². The fourth-order valence-electron chi connectivity index (χ4n) is 2.57. The zero-order valence-corrected chi connectivity index (χ0v) is 14.4. The van der Waals surface area contributed by atoms with E-state index in [0.29, 0.717) is 0 Å². The molecule has 0 amide bonds. The number of hydrogen-bond donors (Lipinski definition) is 1. The van der Waals surface area contributed by atoms with Crippen molar-refractivity contribution >= 4 is 43.2 Å². The lowest BCUT2D eigenvalue weighted by molar-refractivity contribution is 0.184. The van der Waals surface area contributed by atoms with Gasteiger partial charge in [-0.25, -0.2) is 0 Å². The van der Waals surface area contributed by atoms with E-state index in [9.17, 15) is 0 Å². The van der Waals surface area contributed by atoms with Crippen molar-refractivity contribution in [2.24, 2.45) is 0 Å². The maximum absolute atomic E-state index is 3.77. The summed E-state index contributed by atoms with van der Waals surface area (Å²) in [6, 6.07) is 13.1. The maximum Gasteiger partial charge on any atom is 0.0701 e. The lowest BCUT2D eigenvalue weighted by atomic mass is 9.72. The molecular weight excluding hydrogens is 386 g/mol. The van der Waals surface area contributed by atoms with Crippen molar-refractivity contribution in [3.05, 3.63) is 55.1 Å². The molecule has 0 radical (unpaired) electrons. The molecule has 1 N–H and O–H groups in total. The third kappa shape index (κ3) is 2.97. The molecule has 1 aliphatic rings. The summed E-state index contributed by atoms with van der Waals surface area (Å²) >= 11 is 8.84. The maximum atomic E-state index is 3.77. The molecular formula is C15H15Br2NS. The Balaban J connectivity index is 1.74. The molecule has 0 spiro atoms. The summed E-state index contributed by atoms with van der Waals surface area (Å²) in [7, 11) is 0. The van der Waals surface area contributed by atoms with Gasteiger partial charge in [0.05, 0.1) is 3.79 Å². The molecule has 1 heterocycles. The number of nitrogens with one attached hydrogen (secondary N) is 1. The molecule has 1 aromatic carbocycles. The molecule has 1 aliphatic carbocycles. The molecule has 3 rings (SSSR count). The second kappa shape index (κ2) is 5.68. The number of hydrogen-bond acceptors (Lipinski definition) is 2. The summed E-state index contributed by atoms with van der Waals surface area (Å²) in [6.45, 7) is 0.951. The second-order valence-electron chi connectivity index (χ2n) is 5.00. The molecule has 1 saturated carbocycles. The van der Waals surface area contributed by atoms with E-state index in [-0.39, 0.29) is 5.54 Å². The van der Waals surface area contributed by atoms with Crippen molar-refractivity contribution < 1.29 is 0 Å². The predicted octanol–water partition coefficient (Wildman–Crippen LogP) is 5.44. The monoisotopic (exact) mass is 399 g/mol. The molecule has 2 aromatic rings. The molecule has 4 heteroatoms. The summed E-state index contributed by atoms with van der Waals surface area (Å²) in [5.41, 5.74) is 1.61. The Morgan fingerprint density at radius 3 is 2.32 bits per heavy atom. The number of thiophene rings is 1. The van der Waals surface area contributed by atoms with Crippen LogP contribution in [0.1, 0.15) is 29.7 Å². The van der Waals surface area contributed by atoms with Gasteiger partial charge in [0.1, 0.15) is 0 Å². The number of halogens is 2. The van der Waals surface area contributed by atoms with Crippen molar-refractivity contribution in [3.63, 3.8) is 0 Å². The molecule has 19 heavy (non-hydrogen) atoms. The normalized spacial score (nSPS) is 17.2. The fraction of sp³-hybridized carbons (Fsp3) is 0.333. The minimum absolute atomic E-state index is 0.192. The first-order chi connectivity index (χ1) is 9.18. The molecule has 1 nitrogen and oxygen atoms in total. The highest BCUT2D eigenvalue weighted by molar-refractivity contribution is 9.11. The highest BCUT2D eigenvalue weighted by Crippen LogP contribution is 2.42. The van der Waals surface area contributed by atoms with Crippen LogP contribution >= 0.6 is 43.2 Å². The highest BCUT2D eigenvalue weighted by atomic mass is 79.9. The topological polar surface area (TPSA) is 12.0 Å². The average molecular weight is 401 g/mol. The summed E-state index contributed by atoms with van der Waals surface area (Å²) in [6.07, 6.45) is 3.79. The lowest BCUT2D eigenvalue weighted by Gasteiger charge is -2.43. The van der Waals surface area contributed by atoms with E-state index in [1.165, 1.54) is 33.5 Å². The van der Waals surface area contributed by atoms with Crippen molar-refractivity contribution in [1.82, 2.24) is 5.32 Å². The van der Waals surface area contributed by atoms with Crippen LogP contribution in [-0.2, 0) is 12.1 Å². The van der Waals surface area contributed by atoms with Gasteiger partial charge in [-0.1, -0.05) is 28.1 Å². The van der Waals surface area contributed by atoms with Crippen LogP contribution in [0.25, 0.3) is 0 Å². The molecule has 0 bridgehead atoms. The largest absolute Gasteiger partial charge is 0.302 e. The Labute approximate surface area is 134 Å². The van der Waals surface area contributed by atoms with Gasteiger partial charge in [0.25, 0.3) is 0 Å². The van der Waals surface area contributed by atoms with Crippen molar-refractivity contribution in [1.29, 1.82) is 0 Å². The van der Waals surface area contributed by atoms with Crippen LogP contribution in [0.2, 0.25) is 0 Å².